The van der Waals surface area contributed by atoms with E-state index in [1.807, 2.05) is 45.0 Å². The Morgan fingerprint density at radius 3 is 2.81 bits per heavy atom. The molecule has 6 heteroatoms. The maximum absolute atomic E-state index is 12.0. The Kier molecular flexibility index (Phi) is 4.70. The minimum Gasteiger partial charge on any atom is -0.327 e. The second-order valence-corrected chi connectivity index (χ2v) is 5.49. The van der Waals surface area contributed by atoms with E-state index in [4.69, 9.17) is 5.73 Å². The molecule has 21 heavy (non-hydrogen) atoms. The number of carbonyl (C=O) groups excluding carboxylic acids is 1. The predicted molar refractivity (Wildman–Crippen MR) is 82.6 cm³/mol. The van der Waals surface area contributed by atoms with Crippen molar-refractivity contribution in [3.8, 4) is 11.4 Å². The summed E-state index contributed by atoms with van der Waals surface area (Å²) in [6.07, 6.45) is 0.307. The molecular weight excluding hydrogens is 266 g/mol. The number of aromatic amines is 1. The predicted octanol–water partition coefficient (Wildman–Crippen LogP) is 2.09. The molecule has 1 heterocycles. The number of nitrogens with one attached hydrogen (secondary N) is 2. The van der Waals surface area contributed by atoms with Crippen LogP contribution in [-0.4, -0.2) is 27.1 Å². The number of hydrogen-bond donors (Lipinski definition) is 3. The van der Waals surface area contributed by atoms with E-state index in [1.165, 1.54) is 0 Å². The Bertz CT molecular complexity index is 620. The van der Waals surface area contributed by atoms with Gasteiger partial charge in [-0.05, 0) is 25.0 Å². The third-order valence-electron chi connectivity index (χ3n) is 3.28. The van der Waals surface area contributed by atoms with Crippen molar-refractivity contribution in [3.63, 3.8) is 0 Å². The SMILES string of the molecule is Cc1nc(-c2cccc(NC(=O)CC(N)C(C)C)c2)n[nH]1. The van der Waals surface area contributed by atoms with E-state index in [0.29, 0.717) is 12.2 Å². The van der Waals surface area contributed by atoms with Gasteiger partial charge in [0.05, 0.1) is 0 Å². The maximum Gasteiger partial charge on any atom is 0.225 e. The van der Waals surface area contributed by atoms with Gasteiger partial charge in [0.1, 0.15) is 5.82 Å². The summed E-state index contributed by atoms with van der Waals surface area (Å²) >= 11 is 0. The van der Waals surface area contributed by atoms with Crippen molar-refractivity contribution >= 4 is 11.6 Å². The van der Waals surface area contributed by atoms with E-state index < -0.39 is 0 Å². The van der Waals surface area contributed by atoms with Gasteiger partial charge in [0.15, 0.2) is 5.82 Å². The molecule has 0 radical (unpaired) electrons. The van der Waals surface area contributed by atoms with Gasteiger partial charge in [0.2, 0.25) is 5.91 Å². The molecule has 1 atom stereocenters. The van der Waals surface area contributed by atoms with Crippen molar-refractivity contribution in [1.29, 1.82) is 0 Å². The van der Waals surface area contributed by atoms with Gasteiger partial charge >= 0.3 is 0 Å². The Labute approximate surface area is 124 Å². The van der Waals surface area contributed by atoms with E-state index in [9.17, 15) is 4.79 Å². The molecular formula is C15H21N5O. The highest BCUT2D eigenvalue weighted by Crippen LogP contribution is 2.19. The summed E-state index contributed by atoms with van der Waals surface area (Å²) in [6.45, 7) is 5.85. The fraction of sp³-hybridized carbons (Fsp3) is 0.400. The van der Waals surface area contributed by atoms with Gasteiger partial charge in [0.25, 0.3) is 0 Å². The van der Waals surface area contributed by atoms with E-state index in [1.54, 1.807) is 0 Å². The van der Waals surface area contributed by atoms with E-state index in [0.717, 1.165) is 17.1 Å². The monoisotopic (exact) mass is 287 g/mol. The molecule has 2 rings (SSSR count). The Morgan fingerprint density at radius 1 is 1.43 bits per heavy atom. The number of carbonyl (C=O) groups is 1. The van der Waals surface area contributed by atoms with Gasteiger partial charge in [-0.25, -0.2) is 4.98 Å². The van der Waals surface area contributed by atoms with Crippen molar-refractivity contribution < 1.29 is 4.79 Å². The van der Waals surface area contributed by atoms with Crippen molar-refractivity contribution in [1.82, 2.24) is 15.2 Å². The molecule has 1 aromatic carbocycles. The maximum atomic E-state index is 12.0. The number of hydrogen-bond acceptors (Lipinski definition) is 4. The summed E-state index contributed by atoms with van der Waals surface area (Å²) in [4.78, 5) is 16.2. The molecule has 1 aromatic heterocycles. The van der Waals surface area contributed by atoms with Crippen molar-refractivity contribution in [3.05, 3.63) is 30.1 Å². The summed E-state index contributed by atoms with van der Waals surface area (Å²) < 4.78 is 0. The largest absolute Gasteiger partial charge is 0.327 e. The van der Waals surface area contributed by atoms with E-state index in [-0.39, 0.29) is 17.9 Å². The van der Waals surface area contributed by atoms with Gasteiger partial charge in [-0.1, -0.05) is 26.0 Å². The highest BCUT2D eigenvalue weighted by Gasteiger charge is 2.13. The molecule has 0 fully saturated rings. The average molecular weight is 287 g/mol. The van der Waals surface area contributed by atoms with Crippen LogP contribution in [0.2, 0.25) is 0 Å². The van der Waals surface area contributed by atoms with Crippen molar-refractivity contribution in [2.75, 3.05) is 5.32 Å². The van der Waals surface area contributed by atoms with Gasteiger partial charge in [-0.3, -0.25) is 9.89 Å². The Balaban J connectivity index is 2.06. The van der Waals surface area contributed by atoms with E-state index in [2.05, 4.69) is 20.5 Å². The van der Waals surface area contributed by atoms with Crippen LogP contribution in [0.3, 0.4) is 0 Å². The first kappa shape index (κ1) is 15.2. The first-order valence-corrected chi connectivity index (χ1v) is 7.00. The molecule has 4 N–H and O–H groups in total. The second-order valence-electron chi connectivity index (χ2n) is 5.49. The van der Waals surface area contributed by atoms with Crippen LogP contribution in [0.4, 0.5) is 5.69 Å². The third-order valence-corrected chi connectivity index (χ3v) is 3.28. The zero-order chi connectivity index (χ0) is 15.4. The number of amides is 1. The molecule has 6 nitrogen and oxygen atoms in total. The number of benzene rings is 1. The molecule has 0 saturated heterocycles. The second kappa shape index (κ2) is 6.49. The lowest BCUT2D eigenvalue weighted by Crippen LogP contribution is -2.31. The smallest absolute Gasteiger partial charge is 0.225 e. The lowest BCUT2D eigenvalue weighted by atomic mass is 10.0. The first-order valence-electron chi connectivity index (χ1n) is 7.00. The highest BCUT2D eigenvalue weighted by atomic mass is 16.1. The normalized spacial score (nSPS) is 12.4. The van der Waals surface area contributed by atoms with Crippen molar-refractivity contribution in [2.24, 2.45) is 11.7 Å². The number of anilines is 1. The highest BCUT2D eigenvalue weighted by molar-refractivity contribution is 5.91. The Morgan fingerprint density at radius 2 is 2.19 bits per heavy atom. The molecule has 2 aromatic rings. The fourth-order valence-corrected chi connectivity index (χ4v) is 1.87. The van der Waals surface area contributed by atoms with Crippen molar-refractivity contribution in [2.45, 2.75) is 33.2 Å². The summed E-state index contributed by atoms with van der Waals surface area (Å²) in [7, 11) is 0. The number of H-pyrrole nitrogens is 1. The molecule has 0 aliphatic heterocycles. The van der Waals surface area contributed by atoms with Crippen LogP contribution in [0.25, 0.3) is 11.4 Å². The van der Waals surface area contributed by atoms with Gasteiger partial charge in [-0.15, -0.1) is 0 Å². The van der Waals surface area contributed by atoms with Gasteiger partial charge < -0.3 is 11.1 Å². The molecule has 1 amide bonds. The molecule has 0 aliphatic rings. The van der Waals surface area contributed by atoms with Gasteiger partial charge in [0, 0.05) is 23.7 Å². The number of aryl methyl sites for hydroxylation is 1. The van der Waals surface area contributed by atoms with Crippen LogP contribution in [-0.2, 0) is 4.79 Å². The van der Waals surface area contributed by atoms with Crippen LogP contribution in [0.5, 0.6) is 0 Å². The first-order chi connectivity index (χ1) is 9.95. The molecule has 112 valence electrons. The summed E-state index contributed by atoms with van der Waals surface area (Å²) in [6, 6.07) is 7.31. The number of rotatable bonds is 5. The zero-order valence-corrected chi connectivity index (χ0v) is 12.6. The number of nitrogens with zero attached hydrogens (tertiary/aromatic N) is 2. The third kappa shape index (κ3) is 4.13. The number of aromatic nitrogens is 3. The molecule has 0 spiro atoms. The summed E-state index contributed by atoms with van der Waals surface area (Å²) in [5.74, 6) is 1.56. The minimum absolute atomic E-state index is 0.0838. The minimum atomic E-state index is -0.135. The lowest BCUT2D eigenvalue weighted by molar-refractivity contribution is -0.116. The van der Waals surface area contributed by atoms with Crippen LogP contribution in [0, 0.1) is 12.8 Å². The fourth-order valence-electron chi connectivity index (χ4n) is 1.87. The topological polar surface area (TPSA) is 96.7 Å². The van der Waals surface area contributed by atoms with E-state index >= 15 is 0 Å². The van der Waals surface area contributed by atoms with Crippen LogP contribution in [0.1, 0.15) is 26.1 Å². The average Bonchev–Trinajstić information content (AvgIpc) is 2.85. The number of nitrogens with two attached hydrogens (primary N) is 1. The molecule has 0 aliphatic carbocycles. The van der Waals surface area contributed by atoms with Crippen LogP contribution >= 0.6 is 0 Å². The summed E-state index contributed by atoms with van der Waals surface area (Å²) in [5.41, 5.74) is 7.48. The quantitative estimate of drug-likeness (QED) is 0.784. The lowest BCUT2D eigenvalue weighted by Gasteiger charge is -2.15. The van der Waals surface area contributed by atoms with Crippen LogP contribution in [0.15, 0.2) is 24.3 Å². The van der Waals surface area contributed by atoms with Gasteiger partial charge in [-0.2, -0.15) is 5.10 Å². The standard InChI is InChI=1S/C15H21N5O/c1-9(2)13(16)8-14(21)18-12-6-4-5-11(7-12)15-17-10(3)19-20-15/h4-7,9,13H,8,16H2,1-3H3,(H,18,21)(H,17,19,20). The summed E-state index contributed by atoms with van der Waals surface area (Å²) in [5, 5.41) is 9.77. The molecule has 0 saturated carbocycles. The molecule has 0 bridgehead atoms. The van der Waals surface area contributed by atoms with Crippen LogP contribution < -0.4 is 11.1 Å². The Hall–Kier alpha value is -2.21. The zero-order valence-electron chi connectivity index (χ0n) is 12.6. The molecule has 1 unspecified atom stereocenters.